The molecule has 164 valence electrons. The highest BCUT2D eigenvalue weighted by Crippen LogP contribution is 2.16. The van der Waals surface area contributed by atoms with Crippen LogP contribution < -0.4 is 11.5 Å². The van der Waals surface area contributed by atoms with E-state index >= 15 is 0 Å². The smallest absolute Gasteiger partial charge is 0.0236 e. The van der Waals surface area contributed by atoms with E-state index in [2.05, 4.69) is 72.2 Å². The van der Waals surface area contributed by atoms with Crippen molar-refractivity contribution >= 4 is 0 Å². The molecule has 30 heavy (non-hydrogen) atoms. The second-order valence-electron chi connectivity index (χ2n) is 9.08. The molecule has 2 aliphatic rings. The van der Waals surface area contributed by atoms with E-state index in [1.807, 2.05) is 0 Å². The number of rotatable bonds is 4. The van der Waals surface area contributed by atoms with Crippen molar-refractivity contribution in [2.24, 2.45) is 11.5 Å². The number of hydrogen-bond donors (Lipinski definition) is 2. The third kappa shape index (κ3) is 7.21. The standard InChI is InChI=1S/2C13H20N2/c2*1-11-4-2-3-5-12(11)10-15-8-6-13(14)7-9-15/h2*2-5,13H,6-10,14H2,1H3. The van der Waals surface area contributed by atoms with E-state index in [4.69, 9.17) is 11.5 Å². The number of aryl methyl sites for hydroxylation is 2. The van der Waals surface area contributed by atoms with Crippen LogP contribution in [-0.4, -0.2) is 48.1 Å². The molecule has 2 aliphatic heterocycles. The maximum atomic E-state index is 5.89. The van der Waals surface area contributed by atoms with E-state index in [9.17, 15) is 0 Å². The van der Waals surface area contributed by atoms with Gasteiger partial charge in [0, 0.05) is 25.2 Å². The predicted molar refractivity (Wildman–Crippen MR) is 127 cm³/mol. The van der Waals surface area contributed by atoms with Crippen LogP contribution in [-0.2, 0) is 13.1 Å². The predicted octanol–water partition coefficient (Wildman–Crippen LogP) is 3.84. The Morgan fingerprint density at radius 3 is 1.30 bits per heavy atom. The highest BCUT2D eigenvalue weighted by molar-refractivity contribution is 5.26. The second kappa shape index (κ2) is 11.6. The SMILES string of the molecule is Cc1ccccc1CN1CCC(N)CC1.Cc1ccccc1CN1CCC(N)CC1. The van der Waals surface area contributed by atoms with E-state index in [1.165, 1.54) is 22.3 Å². The van der Waals surface area contributed by atoms with Crippen LogP contribution in [0.2, 0.25) is 0 Å². The molecule has 0 atom stereocenters. The zero-order chi connectivity index (χ0) is 21.3. The van der Waals surface area contributed by atoms with Gasteiger partial charge in [-0.3, -0.25) is 9.80 Å². The van der Waals surface area contributed by atoms with Crippen molar-refractivity contribution in [1.29, 1.82) is 0 Å². The van der Waals surface area contributed by atoms with Gasteiger partial charge in [-0.1, -0.05) is 48.5 Å². The highest BCUT2D eigenvalue weighted by Gasteiger charge is 2.17. The molecule has 4 nitrogen and oxygen atoms in total. The molecule has 4 rings (SSSR count). The first-order valence-corrected chi connectivity index (χ1v) is 11.6. The van der Waals surface area contributed by atoms with Crippen LogP contribution in [0.3, 0.4) is 0 Å². The Labute approximate surface area is 183 Å². The first-order chi connectivity index (χ1) is 14.5. The van der Waals surface area contributed by atoms with E-state index in [1.54, 1.807) is 0 Å². The highest BCUT2D eigenvalue weighted by atomic mass is 15.1. The lowest BCUT2D eigenvalue weighted by atomic mass is 10.0. The van der Waals surface area contributed by atoms with Gasteiger partial charge in [-0.2, -0.15) is 0 Å². The number of nitrogens with zero attached hydrogens (tertiary/aromatic N) is 2. The summed E-state index contributed by atoms with van der Waals surface area (Å²) in [5, 5.41) is 0. The summed E-state index contributed by atoms with van der Waals surface area (Å²) < 4.78 is 0. The summed E-state index contributed by atoms with van der Waals surface area (Å²) in [7, 11) is 0. The zero-order valence-corrected chi connectivity index (χ0v) is 18.9. The molecular weight excluding hydrogens is 368 g/mol. The van der Waals surface area contributed by atoms with Gasteiger partial charge in [0.05, 0.1) is 0 Å². The Kier molecular flexibility index (Phi) is 8.88. The number of hydrogen-bond acceptors (Lipinski definition) is 4. The van der Waals surface area contributed by atoms with Crippen molar-refractivity contribution in [3.63, 3.8) is 0 Å². The minimum absolute atomic E-state index is 0.429. The van der Waals surface area contributed by atoms with Gasteiger partial charge in [-0.25, -0.2) is 0 Å². The summed E-state index contributed by atoms with van der Waals surface area (Å²) in [6.45, 7) is 11.1. The molecule has 0 radical (unpaired) electrons. The van der Waals surface area contributed by atoms with Gasteiger partial charge in [0.25, 0.3) is 0 Å². The van der Waals surface area contributed by atoms with Gasteiger partial charge in [-0.15, -0.1) is 0 Å². The first kappa shape index (κ1) is 23.0. The van der Waals surface area contributed by atoms with Crippen LogP contribution in [0.25, 0.3) is 0 Å². The molecule has 2 fully saturated rings. The Morgan fingerprint density at radius 1 is 0.633 bits per heavy atom. The van der Waals surface area contributed by atoms with Gasteiger partial charge in [-0.05, 0) is 88.0 Å². The van der Waals surface area contributed by atoms with Crippen molar-refractivity contribution in [3.05, 3.63) is 70.8 Å². The second-order valence-corrected chi connectivity index (χ2v) is 9.08. The minimum Gasteiger partial charge on any atom is -0.328 e. The number of piperidine rings is 2. The van der Waals surface area contributed by atoms with Crippen molar-refractivity contribution in [2.75, 3.05) is 26.2 Å². The largest absolute Gasteiger partial charge is 0.328 e. The molecule has 2 saturated heterocycles. The van der Waals surface area contributed by atoms with E-state index in [0.717, 1.165) is 65.0 Å². The first-order valence-electron chi connectivity index (χ1n) is 11.6. The topological polar surface area (TPSA) is 58.5 Å². The van der Waals surface area contributed by atoms with Crippen LogP contribution >= 0.6 is 0 Å². The fourth-order valence-corrected chi connectivity index (χ4v) is 4.28. The number of benzene rings is 2. The minimum atomic E-state index is 0.429. The molecule has 2 aromatic carbocycles. The van der Waals surface area contributed by atoms with Crippen LogP contribution in [0, 0.1) is 13.8 Å². The Hall–Kier alpha value is -1.72. The van der Waals surface area contributed by atoms with Crippen molar-refractivity contribution in [3.8, 4) is 0 Å². The summed E-state index contributed by atoms with van der Waals surface area (Å²) in [5.41, 5.74) is 17.5. The fourth-order valence-electron chi connectivity index (χ4n) is 4.28. The molecule has 0 aliphatic carbocycles. The monoisotopic (exact) mass is 408 g/mol. The Balaban J connectivity index is 0.000000171. The van der Waals surface area contributed by atoms with Crippen LogP contribution in [0.5, 0.6) is 0 Å². The summed E-state index contributed by atoms with van der Waals surface area (Å²) in [5.74, 6) is 0. The summed E-state index contributed by atoms with van der Waals surface area (Å²) in [6, 6.07) is 18.1. The molecule has 0 saturated carbocycles. The van der Waals surface area contributed by atoms with E-state index in [0.29, 0.717) is 12.1 Å². The molecule has 0 bridgehead atoms. The maximum absolute atomic E-state index is 5.89. The average molecular weight is 409 g/mol. The lowest BCUT2D eigenvalue weighted by Crippen LogP contribution is -2.39. The molecule has 4 N–H and O–H groups in total. The molecular formula is C26H40N4. The number of likely N-dealkylation sites (tertiary alicyclic amines) is 2. The van der Waals surface area contributed by atoms with Crippen LogP contribution in [0.1, 0.15) is 47.9 Å². The zero-order valence-electron chi connectivity index (χ0n) is 18.9. The quantitative estimate of drug-likeness (QED) is 0.807. The van der Waals surface area contributed by atoms with Gasteiger partial charge in [0.1, 0.15) is 0 Å². The lowest BCUT2D eigenvalue weighted by molar-refractivity contribution is 0.205. The summed E-state index contributed by atoms with van der Waals surface area (Å²) in [6.07, 6.45) is 4.58. The Morgan fingerprint density at radius 2 is 0.967 bits per heavy atom. The summed E-state index contributed by atoms with van der Waals surface area (Å²) in [4.78, 5) is 5.01. The third-order valence-corrected chi connectivity index (χ3v) is 6.57. The van der Waals surface area contributed by atoms with Gasteiger partial charge >= 0.3 is 0 Å². The van der Waals surface area contributed by atoms with E-state index < -0.39 is 0 Å². The van der Waals surface area contributed by atoms with Gasteiger partial charge < -0.3 is 11.5 Å². The van der Waals surface area contributed by atoms with Gasteiger partial charge in [0.15, 0.2) is 0 Å². The molecule has 2 heterocycles. The number of nitrogens with two attached hydrogens (primary N) is 2. The van der Waals surface area contributed by atoms with Gasteiger partial charge in [0.2, 0.25) is 0 Å². The molecule has 0 spiro atoms. The van der Waals surface area contributed by atoms with E-state index in [-0.39, 0.29) is 0 Å². The molecule has 0 aromatic heterocycles. The molecule has 0 unspecified atom stereocenters. The average Bonchev–Trinajstić information content (AvgIpc) is 2.75. The van der Waals surface area contributed by atoms with Crippen LogP contribution in [0.15, 0.2) is 48.5 Å². The molecule has 4 heteroatoms. The molecule has 2 aromatic rings. The normalized spacial score (nSPS) is 19.3. The Bertz CT molecular complexity index is 694. The van der Waals surface area contributed by atoms with Crippen molar-refractivity contribution < 1.29 is 0 Å². The molecule has 0 amide bonds. The summed E-state index contributed by atoms with van der Waals surface area (Å²) >= 11 is 0. The van der Waals surface area contributed by atoms with Crippen molar-refractivity contribution in [2.45, 2.75) is 64.7 Å². The third-order valence-electron chi connectivity index (χ3n) is 6.57. The maximum Gasteiger partial charge on any atom is 0.0236 e. The lowest BCUT2D eigenvalue weighted by Gasteiger charge is -2.30. The van der Waals surface area contributed by atoms with Crippen molar-refractivity contribution in [1.82, 2.24) is 9.80 Å². The van der Waals surface area contributed by atoms with Crippen LogP contribution in [0.4, 0.5) is 0 Å². The fraction of sp³-hybridized carbons (Fsp3) is 0.538.